The fourth-order valence-corrected chi connectivity index (χ4v) is 6.21. The van der Waals surface area contributed by atoms with Gasteiger partial charge in [0.1, 0.15) is 0 Å². The second-order valence-corrected chi connectivity index (χ2v) is 13.9. The zero-order chi connectivity index (χ0) is 35.7. The molecule has 0 aliphatic heterocycles. The normalized spacial score (nSPS) is 11.6. The molecule has 0 bridgehead atoms. The fraction of sp³-hybridized carbons (Fsp3) is 0.682. The molecule has 0 aromatic heterocycles. The number of ether oxygens (including phenoxy) is 2. The van der Waals surface area contributed by atoms with E-state index in [4.69, 9.17) is 9.47 Å². The lowest BCUT2D eigenvalue weighted by Gasteiger charge is -2.10. The second-order valence-electron chi connectivity index (χ2n) is 13.9. The van der Waals surface area contributed by atoms with Gasteiger partial charge in [0.05, 0.1) is 26.3 Å². The van der Waals surface area contributed by atoms with Crippen LogP contribution < -0.4 is 9.47 Å². The summed E-state index contributed by atoms with van der Waals surface area (Å²) in [5, 5.41) is 21.3. The zero-order valence-electron chi connectivity index (χ0n) is 32.0. The first-order chi connectivity index (χ1) is 24.7. The summed E-state index contributed by atoms with van der Waals surface area (Å²) in [4.78, 5) is 8.88. The van der Waals surface area contributed by atoms with E-state index < -0.39 is 0 Å². The molecule has 2 aromatic carbocycles. The summed E-state index contributed by atoms with van der Waals surface area (Å²) in [5.41, 5.74) is 1.27. The summed E-state index contributed by atoms with van der Waals surface area (Å²) in [6.07, 6.45) is 34.7. The molecule has 0 fully saturated rings. The summed E-state index contributed by atoms with van der Waals surface area (Å²) in [5.74, 6) is 1.27. The van der Waals surface area contributed by atoms with Gasteiger partial charge in [0.2, 0.25) is 0 Å². The first-order valence-corrected chi connectivity index (χ1v) is 20.6. The van der Waals surface area contributed by atoms with Crippen LogP contribution in [0.15, 0.2) is 46.4 Å². The Morgan fingerprint density at radius 3 is 1.06 bits per heavy atom. The monoisotopic (exact) mass is 693 g/mol. The number of rotatable bonds is 33. The third-order valence-electron chi connectivity index (χ3n) is 9.39. The highest BCUT2D eigenvalue weighted by molar-refractivity contribution is 5.85. The zero-order valence-corrected chi connectivity index (χ0v) is 32.0. The van der Waals surface area contributed by atoms with Crippen LogP contribution in [-0.4, -0.2) is 48.9 Å². The van der Waals surface area contributed by atoms with E-state index in [2.05, 4.69) is 23.8 Å². The van der Waals surface area contributed by atoms with Crippen LogP contribution in [0.2, 0.25) is 0 Å². The van der Waals surface area contributed by atoms with Gasteiger partial charge in [-0.1, -0.05) is 167 Å². The number of phenols is 2. The van der Waals surface area contributed by atoms with E-state index in [1.807, 2.05) is 24.3 Å². The first kappa shape index (κ1) is 43.1. The average molecular weight is 693 g/mol. The van der Waals surface area contributed by atoms with Gasteiger partial charge in [-0.3, -0.25) is 9.98 Å². The van der Waals surface area contributed by atoms with Crippen LogP contribution in [-0.2, 0) is 0 Å². The van der Waals surface area contributed by atoms with Crippen molar-refractivity contribution in [2.45, 2.75) is 168 Å². The summed E-state index contributed by atoms with van der Waals surface area (Å²) in [7, 11) is 0. The van der Waals surface area contributed by atoms with Crippen molar-refractivity contribution in [3.63, 3.8) is 0 Å². The quantitative estimate of drug-likeness (QED) is 0.0576. The molecule has 0 unspecified atom stereocenters. The van der Waals surface area contributed by atoms with Crippen molar-refractivity contribution in [2.75, 3.05) is 26.3 Å². The van der Waals surface area contributed by atoms with E-state index in [0.29, 0.717) is 48.9 Å². The Kier molecular flexibility index (Phi) is 26.6. The number of nitrogens with zero attached hydrogens (tertiary/aromatic N) is 2. The smallest absolute Gasteiger partial charge is 0.166 e. The van der Waals surface area contributed by atoms with Gasteiger partial charge in [-0.05, 0) is 37.1 Å². The number of hydrogen-bond donors (Lipinski definition) is 2. The molecule has 0 aliphatic carbocycles. The van der Waals surface area contributed by atoms with Gasteiger partial charge in [-0.2, -0.15) is 0 Å². The molecule has 0 spiro atoms. The minimum Gasteiger partial charge on any atom is -0.504 e. The maximum absolute atomic E-state index is 10.7. The summed E-state index contributed by atoms with van der Waals surface area (Å²) >= 11 is 0. The predicted molar refractivity (Wildman–Crippen MR) is 214 cm³/mol. The molecule has 0 aliphatic rings. The van der Waals surface area contributed by atoms with Crippen molar-refractivity contribution < 1.29 is 19.7 Å². The maximum Gasteiger partial charge on any atom is 0.166 e. The Morgan fingerprint density at radius 2 is 0.740 bits per heavy atom. The van der Waals surface area contributed by atoms with E-state index >= 15 is 0 Å². The fourth-order valence-electron chi connectivity index (χ4n) is 6.21. The van der Waals surface area contributed by atoms with Crippen molar-refractivity contribution in [2.24, 2.45) is 9.98 Å². The van der Waals surface area contributed by atoms with Gasteiger partial charge in [-0.15, -0.1) is 0 Å². The molecule has 2 rings (SSSR count). The highest BCUT2D eigenvalue weighted by Crippen LogP contribution is 2.30. The number of phenolic OH excluding ortho intramolecular Hbond substituents is 2. The van der Waals surface area contributed by atoms with Crippen LogP contribution in [0.5, 0.6) is 23.0 Å². The third-order valence-corrected chi connectivity index (χ3v) is 9.39. The number of benzene rings is 2. The van der Waals surface area contributed by atoms with E-state index in [1.165, 1.54) is 128 Å². The lowest BCUT2D eigenvalue weighted by molar-refractivity contribution is 0.288. The number of aromatic hydroxyl groups is 2. The molecule has 282 valence electrons. The first-order valence-electron chi connectivity index (χ1n) is 20.6. The lowest BCUT2D eigenvalue weighted by atomic mass is 10.1. The highest BCUT2D eigenvalue weighted by atomic mass is 16.5. The van der Waals surface area contributed by atoms with E-state index in [9.17, 15) is 10.2 Å². The number of hydrogen-bond acceptors (Lipinski definition) is 6. The van der Waals surface area contributed by atoms with E-state index in [0.717, 1.165) is 25.7 Å². The Hall–Kier alpha value is -3.02. The summed E-state index contributed by atoms with van der Waals surface area (Å²) < 4.78 is 11.8. The molecule has 50 heavy (non-hydrogen) atoms. The van der Waals surface area contributed by atoms with Gasteiger partial charge in [-0.25, -0.2) is 0 Å². The van der Waals surface area contributed by atoms with Crippen LogP contribution in [0.4, 0.5) is 0 Å². The van der Waals surface area contributed by atoms with Gasteiger partial charge in [0.25, 0.3) is 0 Å². The number of unbranched alkanes of at least 4 members (excludes halogenated alkanes) is 22. The van der Waals surface area contributed by atoms with Crippen LogP contribution in [0.25, 0.3) is 0 Å². The van der Waals surface area contributed by atoms with Gasteiger partial charge < -0.3 is 19.7 Å². The molecular formula is C44H72N2O4. The number of para-hydroxylation sites is 2. The SMILES string of the molecule is CCCCCCCCCCCCCCOc1cccc(C=NCCN=Cc2cccc(OCCCCCCCCCCCCCC)c2O)c1O. The Bertz CT molecular complexity index is 1060. The van der Waals surface area contributed by atoms with Crippen LogP contribution in [0.1, 0.15) is 179 Å². The Labute approximate surface area is 306 Å². The van der Waals surface area contributed by atoms with Gasteiger partial charge in [0, 0.05) is 23.6 Å². The van der Waals surface area contributed by atoms with Crippen molar-refractivity contribution in [1.82, 2.24) is 0 Å². The molecule has 0 saturated heterocycles. The van der Waals surface area contributed by atoms with Gasteiger partial charge >= 0.3 is 0 Å². The molecule has 0 atom stereocenters. The minimum absolute atomic E-state index is 0.129. The molecule has 6 heteroatoms. The summed E-state index contributed by atoms with van der Waals surface area (Å²) in [6, 6.07) is 11.0. The average Bonchev–Trinajstić information content (AvgIpc) is 3.12. The number of aliphatic imine (C=N–C) groups is 2. The minimum atomic E-state index is 0.129. The van der Waals surface area contributed by atoms with Crippen molar-refractivity contribution in [1.29, 1.82) is 0 Å². The van der Waals surface area contributed by atoms with E-state index in [1.54, 1.807) is 24.6 Å². The van der Waals surface area contributed by atoms with Crippen molar-refractivity contribution >= 4 is 12.4 Å². The summed E-state index contributed by atoms with van der Waals surface area (Å²) in [6.45, 7) is 6.70. The van der Waals surface area contributed by atoms with E-state index in [-0.39, 0.29) is 11.5 Å². The standard InChI is InChI=1S/C44H72N2O4/c1-3-5-7-9-11-13-15-17-19-21-23-25-35-49-41-31-27-29-39(43(41)47)37-45-33-34-46-38-40-30-28-32-42(44(40)48)50-36-26-24-22-20-18-16-14-12-10-8-6-4-2/h27-32,37-38,47-48H,3-26,33-36H2,1-2H3. The molecular weight excluding hydrogens is 620 g/mol. The molecule has 6 nitrogen and oxygen atoms in total. The van der Waals surface area contributed by atoms with Crippen LogP contribution in [0.3, 0.4) is 0 Å². The Balaban J connectivity index is 1.56. The predicted octanol–water partition coefficient (Wildman–Crippen LogP) is 12.8. The van der Waals surface area contributed by atoms with Crippen LogP contribution in [0, 0.1) is 0 Å². The molecule has 0 saturated carbocycles. The largest absolute Gasteiger partial charge is 0.504 e. The molecule has 2 aromatic rings. The van der Waals surface area contributed by atoms with Crippen molar-refractivity contribution in [3.05, 3.63) is 47.5 Å². The maximum atomic E-state index is 10.7. The second kappa shape index (κ2) is 30.8. The molecule has 0 radical (unpaired) electrons. The van der Waals surface area contributed by atoms with Crippen molar-refractivity contribution in [3.8, 4) is 23.0 Å². The van der Waals surface area contributed by atoms with Gasteiger partial charge in [0.15, 0.2) is 23.0 Å². The molecule has 0 amide bonds. The molecule has 2 N–H and O–H groups in total. The topological polar surface area (TPSA) is 83.6 Å². The third kappa shape index (κ3) is 21.3. The molecule has 0 heterocycles. The lowest BCUT2D eigenvalue weighted by Crippen LogP contribution is -1.99. The Morgan fingerprint density at radius 1 is 0.440 bits per heavy atom. The highest BCUT2D eigenvalue weighted by Gasteiger charge is 2.08. The van der Waals surface area contributed by atoms with Crippen LogP contribution >= 0.6 is 0 Å².